The van der Waals surface area contributed by atoms with Crippen LogP contribution in [0.5, 0.6) is 0 Å². The number of carbonyl (C=O) groups excluding carboxylic acids is 1. The van der Waals surface area contributed by atoms with Crippen LogP contribution in [-0.4, -0.2) is 17.0 Å². The monoisotopic (exact) mass is 287 g/mol. The van der Waals surface area contributed by atoms with E-state index in [1.54, 1.807) is 6.07 Å². The van der Waals surface area contributed by atoms with Gasteiger partial charge in [-0.25, -0.2) is 4.79 Å². The second-order valence-corrected chi connectivity index (χ2v) is 5.64. The molecule has 1 aromatic rings. The molecule has 1 heterocycles. The van der Waals surface area contributed by atoms with E-state index in [1.807, 2.05) is 13.0 Å². The van der Waals surface area contributed by atoms with Crippen LogP contribution in [0.2, 0.25) is 4.34 Å². The quantitative estimate of drug-likeness (QED) is 0.837. The third kappa shape index (κ3) is 3.58. The van der Waals surface area contributed by atoms with Gasteiger partial charge < -0.3 is 10.4 Å². The fourth-order valence-electron chi connectivity index (χ4n) is 1.27. The molecule has 0 aromatic carbocycles. The molecule has 4 nitrogen and oxygen atoms in total. The average molecular weight is 288 g/mol. The van der Waals surface area contributed by atoms with Crippen molar-refractivity contribution < 1.29 is 14.7 Å². The number of amides is 1. The summed E-state index contributed by atoms with van der Waals surface area (Å²) in [5, 5.41) is 11.5. The third-order valence-corrected chi connectivity index (χ3v) is 4.01. The highest BCUT2D eigenvalue weighted by molar-refractivity contribution is 7.16. The van der Waals surface area contributed by atoms with Gasteiger partial charge in [0.1, 0.15) is 0 Å². The second-order valence-electron chi connectivity index (χ2n) is 3.89. The van der Waals surface area contributed by atoms with E-state index in [0.29, 0.717) is 4.34 Å². The summed E-state index contributed by atoms with van der Waals surface area (Å²) >= 11 is 7.20. The second kappa shape index (κ2) is 6.02. The Balaban J connectivity index is 2.77. The third-order valence-electron chi connectivity index (χ3n) is 2.59. The van der Waals surface area contributed by atoms with Gasteiger partial charge in [-0.2, -0.15) is 0 Å². The topological polar surface area (TPSA) is 66.4 Å². The Morgan fingerprint density at radius 3 is 2.39 bits per heavy atom. The van der Waals surface area contributed by atoms with Crippen molar-refractivity contribution in [2.75, 3.05) is 0 Å². The molecule has 0 fully saturated rings. The first-order valence-corrected chi connectivity index (χ1v) is 6.49. The van der Waals surface area contributed by atoms with Crippen molar-refractivity contribution in [1.82, 2.24) is 5.32 Å². The molecule has 0 saturated carbocycles. The van der Waals surface area contributed by atoms with Crippen LogP contribution in [0.4, 0.5) is 0 Å². The van der Waals surface area contributed by atoms with Gasteiger partial charge in [-0.15, -0.1) is 11.3 Å². The molecule has 0 spiro atoms. The van der Waals surface area contributed by atoms with Crippen LogP contribution >= 0.6 is 22.9 Å². The molecule has 1 rings (SSSR count). The lowest BCUT2D eigenvalue weighted by Gasteiger charge is -2.13. The van der Waals surface area contributed by atoms with Crippen molar-refractivity contribution in [3.8, 4) is 0 Å². The zero-order chi connectivity index (χ0) is 13.9. The Kier molecular flexibility index (Phi) is 4.93. The number of carbonyl (C=O) groups is 2. The summed E-state index contributed by atoms with van der Waals surface area (Å²) in [4.78, 5) is 23.5. The maximum Gasteiger partial charge on any atom is 0.331 e. The van der Waals surface area contributed by atoms with E-state index in [2.05, 4.69) is 5.32 Å². The maximum atomic E-state index is 11.8. The van der Waals surface area contributed by atoms with Gasteiger partial charge in [0.05, 0.1) is 10.4 Å². The molecule has 1 amide bonds. The fourth-order valence-corrected chi connectivity index (χ4v) is 2.33. The van der Waals surface area contributed by atoms with Crippen molar-refractivity contribution in [3.63, 3.8) is 0 Å². The summed E-state index contributed by atoms with van der Waals surface area (Å²) in [6, 6.07) is 3.39. The molecule has 6 heteroatoms. The van der Waals surface area contributed by atoms with Crippen LogP contribution in [0.15, 0.2) is 23.3 Å². The smallest absolute Gasteiger partial charge is 0.331 e. The number of aliphatic carboxylic acids is 1. The zero-order valence-corrected chi connectivity index (χ0v) is 11.9. The molecule has 0 aliphatic carbocycles. The van der Waals surface area contributed by atoms with E-state index < -0.39 is 5.97 Å². The van der Waals surface area contributed by atoms with E-state index in [0.717, 1.165) is 4.88 Å². The fraction of sp³-hybridized carbons (Fsp3) is 0.333. The van der Waals surface area contributed by atoms with Crippen molar-refractivity contribution in [1.29, 1.82) is 0 Å². The molecule has 1 unspecified atom stereocenters. The molecule has 1 aromatic heterocycles. The number of halogens is 1. The summed E-state index contributed by atoms with van der Waals surface area (Å²) in [5.74, 6) is -1.47. The predicted molar refractivity (Wildman–Crippen MR) is 71.9 cm³/mol. The lowest BCUT2D eigenvalue weighted by Crippen LogP contribution is -2.28. The number of carboxylic acids is 1. The molecule has 2 N–H and O–H groups in total. The van der Waals surface area contributed by atoms with E-state index in [-0.39, 0.29) is 23.1 Å². The highest BCUT2D eigenvalue weighted by Crippen LogP contribution is 2.26. The number of hydrogen-bond donors (Lipinski definition) is 2. The predicted octanol–water partition coefficient (Wildman–Crippen LogP) is 3.00. The summed E-state index contributed by atoms with van der Waals surface area (Å²) < 4.78 is 0.653. The van der Waals surface area contributed by atoms with Crippen molar-refractivity contribution in [3.05, 3.63) is 32.5 Å². The lowest BCUT2D eigenvalue weighted by molar-refractivity contribution is -0.133. The number of hydrogen-bond acceptors (Lipinski definition) is 3. The summed E-state index contributed by atoms with van der Waals surface area (Å²) in [7, 11) is 0. The van der Waals surface area contributed by atoms with Gasteiger partial charge in [-0.05, 0) is 32.9 Å². The molecule has 98 valence electrons. The number of carboxylic acid groups (broad SMARTS) is 1. The Hall–Kier alpha value is -1.33. The Morgan fingerprint density at radius 1 is 1.33 bits per heavy atom. The first-order chi connectivity index (χ1) is 8.32. The van der Waals surface area contributed by atoms with Crippen molar-refractivity contribution in [2.45, 2.75) is 26.8 Å². The van der Waals surface area contributed by atoms with E-state index in [4.69, 9.17) is 16.7 Å². The van der Waals surface area contributed by atoms with E-state index in [1.165, 1.54) is 25.2 Å². The van der Waals surface area contributed by atoms with Gasteiger partial charge in [-0.1, -0.05) is 11.6 Å². The highest BCUT2D eigenvalue weighted by atomic mass is 35.5. The van der Waals surface area contributed by atoms with Crippen LogP contribution in [0.1, 0.15) is 31.7 Å². The largest absolute Gasteiger partial charge is 0.478 e. The first-order valence-electron chi connectivity index (χ1n) is 5.29. The van der Waals surface area contributed by atoms with Crippen LogP contribution < -0.4 is 5.32 Å². The zero-order valence-electron chi connectivity index (χ0n) is 10.3. The molecule has 0 saturated heterocycles. The van der Waals surface area contributed by atoms with Crippen LogP contribution in [0, 0.1) is 0 Å². The number of nitrogens with one attached hydrogen (secondary N) is 1. The standard InChI is InChI=1S/C12H14ClNO3S/c1-6(7(2)12(16)17)11(15)14-8(3)9-4-5-10(13)18-9/h4-5,8H,1-3H3,(H,14,15)(H,16,17). The van der Waals surface area contributed by atoms with E-state index >= 15 is 0 Å². The molecule has 0 bridgehead atoms. The van der Waals surface area contributed by atoms with Gasteiger partial charge in [0, 0.05) is 16.0 Å². The Labute approximate surface area is 114 Å². The van der Waals surface area contributed by atoms with Crippen LogP contribution in [0.25, 0.3) is 0 Å². The first kappa shape index (κ1) is 14.7. The van der Waals surface area contributed by atoms with Crippen LogP contribution in [0.3, 0.4) is 0 Å². The molecule has 1 atom stereocenters. The number of thiophene rings is 1. The maximum absolute atomic E-state index is 11.8. The van der Waals surface area contributed by atoms with Gasteiger partial charge >= 0.3 is 5.97 Å². The number of rotatable bonds is 4. The van der Waals surface area contributed by atoms with Crippen molar-refractivity contribution >= 4 is 34.8 Å². The molecular formula is C12H14ClNO3S. The van der Waals surface area contributed by atoms with Gasteiger partial charge in [0.25, 0.3) is 0 Å². The summed E-state index contributed by atoms with van der Waals surface area (Å²) in [6.07, 6.45) is 0. The summed E-state index contributed by atoms with van der Waals surface area (Å²) in [5.41, 5.74) is 0.251. The van der Waals surface area contributed by atoms with Crippen molar-refractivity contribution in [2.24, 2.45) is 0 Å². The minimum Gasteiger partial charge on any atom is -0.478 e. The Morgan fingerprint density at radius 2 is 1.94 bits per heavy atom. The van der Waals surface area contributed by atoms with E-state index in [9.17, 15) is 9.59 Å². The molecule has 0 aliphatic heterocycles. The van der Waals surface area contributed by atoms with Gasteiger partial charge in [0.2, 0.25) is 5.91 Å². The minimum atomic E-state index is -1.09. The van der Waals surface area contributed by atoms with Crippen LogP contribution in [-0.2, 0) is 9.59 Å². The summed E-state index contributed by atoms with van der Waals surface area (Å²) in [6.45, 7) is 4.72. The molecular weight excluding hydrogens is 274 g/mol. The highest BCUT2D eigenvalue weighted by Gasteiger charge is 2.16. The SMILES string of the molecule is CC(C(=O)O)=C(C)C(=O)NC(C)c1ccc(Cl)s1. The molecule has 0 radical (unpaired) electrons. The molecule has 18 heavy (non-hydrogen) atoms. The Bertz CT molecular complexity index is 507. The van der Waals surface area contributed by atoms with Gasteiger partial charge in [-0.3, -0.25) is 4.79 Å². The normalized spacial score (nSPS) is 13.8. The minimum absolute atomic E-state index is 0.0453. The molecule has 0 aliphatic rings. The average Bonchev–Trinajstić information content (AvgIpc) is 2.73. The van der Waals surface area contributed by atoms with Gasteiger partial charge in [0.15, 0.2) is 0 Å². The lowest BCUT2D eigenvalue weighted by atomic mass is 10.1.